The first kappa shape index (κ1) is 18.5. The molecule has 0 aliphatic carbocycles. The summed E-state index contributed by atoms with van der Waals surface area (Å²) < 4.78 is 35.8. The van der Waals surface area contributed by atoms with Crippen LogP contribution in [0.15, 0.2) is 41.3 Å². The van der Waals surface area contributed by atoms with Gasteiger partial charge in [0.25, 0.3) is 15.9 Å². The predicted molar refractivity (Wildman–Crippen MR) is 93.9 cm³/mol. The molecule has 26 heavy (non-hydrogen) atoms. The van der Waals surface area contributed by atoms with E-state index in [0.29, 0.717) is 21.7 Å². The fraction of sp³-hybridized carbons (Fsp3) is 0.188. The van der Waals surface area contributed by atoms with E-state index in [0.717, 1.165) is 0 Å². The standard InChI is InChI=1S/C16H15ClN2O6S/c1-19(23-2)26(21,22)11-5-3-4-10(6-11)16(20)18-13-8-15-14(7-12(13)17)24-9-25-15/h3-8H,9H2,1-2H3,(H,18,20). The van der Waals surface area contributed by atoms with Crippen LogP contribution in [0.4, 0.5) is 5.69 Å². The number of hydrogen-bond donors (Lipinski definition) is 1. The molecule has 0 saturated carbocycles. The number of benzene rings is 2. The van der Waals surface area contributed by atoms with Gasteiger partial charge in [0.15, 0.2) is 11.5 Å². The Morgan fingerprint density at radius 1 is 1.23 bits per heavy atom. The van der Waals surface area contributed by atoms with E-state index < -0.39 is 15.9 Å². The lowest BCUT2D eigenvalue weighted by atomic mass is 10.2. The highest BCUT2D eigenvalue weighted by Gasteiger charge is 2.23. The first-order chi connectivity index (χ1) is 12.3. The molecule has 138 valence electrons. The van der Waals surface area contributed by atoms with Gasteiger partial charge < -0.3 is 14.8 Å². The zero-order valence-electron chi connectivity index (χ0n) is 13.9. The van der Waals surface area contributed by atoms with Crippen LogP contribution < -0.4 is 14.8 Å². The summed E-state index contributed by atoms with van der Waals surface area (Å²) in [6.45, 7) is 0.0793. The summed E-state index contributed by atoms with van der Waals surface area (Å²) in [7, 11) is -1.38. The highest BCUT2D eigenvalue weighted by atomic mass is 35.5. The number of carbonyl (C=O) groups excluding carboxylic acids is 1. The largest absolute Gasteiger partial charge is 0.454 e. The summed E-state index contributed by atoms with van der Waals surface area (Å²) in [4.78, 5) is 17.2. The van der Waals surface area contributed by atoms with E-state index in [-0.39, 0.29) is 22.3 Å². The van der Waals surface area contributed by atoms with E-state index in [1.54, 1.807) is 6.07 Å². The van der Waals surface area contributed by atoms with Crippen molar-refractivity contribution in [1.29, 1.82) is 0 Å². The van der Waals surface area contributed by atoms with Crippen LogP contribution in [-0.2, 0) is 14.9 Å². The Kier molecular flexibility index (Phi) is 5.05. The van der Waals surface area contributed by atoms with Gasteiger partial charge in [-0.05, 0) is 18.2 Å². The summed E-state index contributed by atoms with van der Waals surface area (Å²) in [5.41, 5.74) is 0.465. The van der Waals surface area contributed by atoms with E-state index in [9.17, 15) is 13.2 Å². The number of ether oxygens (including phenoxy) is 2. The van der Waals surface area contributed by atoms with Crippen LogP contribution in [-0.4, -0.2) is 39.7 Å². The number of fused-ring (bicyclic) bond motifs is 1. The van der Waals surface area contributed by atoms with Crippen molar-refractivity contribution >= 4 is 33.2 Å². The molecule has 0 aromatic heterocycles. The van der Waals surface area contributed by atoms with Gasteiger partial charge in [-0.1, -0.05) is 22.1 Å². The number of anilines is 1. The summed E-state index contributed by atoms with van der Waals surface area (Å²) in [5.74, 6) is 0.425. The van der Waals surface area contributed by atoms with Gasteiger partial charge in [0.1, 0.15) is 0 Å². The smallest absolute Gasteiger partial charge is 0.264 e. The summed E-state index contributed by atoms with van der Waals surface area (Å²) in [6.07, 6.45) is 0. The van der Waals surface area contributed by atoms with Crippen molar-refractivity contribution in [3.8, 4) is 11.5 Å². The third kappa shape index (κ3) is 3.47. The first-order valence-electron chi connectivity index (χ1n) is 7.36. The average molecular weight is 399 g/mol. The van der Waals surface area contributed by atoms with Gasteiger partial charge in [-0.15, -0.1) is 0 Å². The fourth-order valence-electron chi connectivity index (χ4n) is 2.25. The average Bonchev–Trinajstić information content (AvgIpc) is 3.08. The Balaban J connectivity index is 1.87. The molecule has 0 atom stereocenters. The number of hydrogen-bond acceptors (Lipinski definition) is 6. The van der Waals surface area contributed by atoms with E-state index in [1.807, 2.05) is 0 Å². The lowest BCUT2D eigenvalue weighted by Crippen LogP contribution is -2.26. The van der Waals surface area contributed by atoms with Gasteiger partial charge in [-0.3, -0.25) is 9.63 Å². The predicted octanol–water partition coefficient (Wildman–Crippen LogP) is 2.50. The summed E-state index contributed by atoms with van der Waals surface area (Å²) in [5, 5.41) is 2.90. The molecule has 1 amide bonds. The van der Waals surface area contributed by atoms with Crippen molar-refractivity contribution in [2.45, 2.75) is 4.90 Å². The maximum Gasteiger partial charge on any atom is 0.264 e. The van der Waals surface area contributed by atoms with Gasteiger partial charge in [-0.2, -0.15) is 0 Å². The molecule has 1 aliphatic rings. The van der Waals surface area contributed by atoms with Gasteiger partial charge in [-0.25, -0.2) is 8.42 Å². The van der Waals surface area contributed by atoms with Crippen molar-refractivity contribution < 1.29 is 27.5 Å². The van der Waals surface area contributed by atoms with Crippen LogP contribution >= 0.6 is 11.6 Å². The molecule has 10 heteroatoms. The second-order valence-corrected chi connectivity index (χ2v) is 7.61. The quantitative estimate of drug-likeness (QED) is 0.778. The number of halogens is 1. The third-order valence-electron chi connectivity index (χ3n) is 3.70. The normalized spacial score (nSPS) is 13.1. The van der Waals surface area contributed by atoms with Crippen molar-refractivity contribution in [3.63, 3.8) is 0 Å². The van der Waals surface area contributed by atoms with Crippen LogP contribution in [0, 0.1) is 0 Å². The summed E-state index contributed by atoms with van der Waals surface area (Å²) in [6, 6.07) is 8.65. The number of nitrogens with one attached hydrogen (secondary N) is 1. The number of carbonyl (C=O) groups is 1. The SMILES string of the molecule is CON(C)S(=O)(=O)c1cccc(C(=O)Nc2cc3c(cc2Cl)OCO3)c1. The van der Waals surface area contributed by atoms with E-state index in [2.05, 4.69) is 5.32 Å². The fourth-order valence-corrected chi connectivity index (χ4v) is 3.47. The van der Waals surface area contributed by atoms with Gasteiger partial charge in [0, 0.05) is 24.7 Å². The van der Waals surface area contributed by atoms with E-state index in [1.165, 1.54) is 44.5 Å². The molecule has 3 rings (SSSR count). The molecular formula is C16H15ClN2O6S. The maximum atomic E-state index is 12.5. The number of rotatable bonds is 5. The van der Waals surface area contributed by atoms with Crippen molar-refractivity contribution in [1.82, 2.24) is 4.47 Å². The highest BCUT2D eigenvalue weighted by molar-refractivity contribution is 7.89. The zero-order chi connectivity index (χ0) is 18.9. The third-order valence-corrected chi connectivity index (χ3v) is 5.69. The Bertz CT molecular complexity index is 963. The molecule has 1 heterocycles. The van der Waals surface area contributed by atoms with Crippen LogP contribution in [0.1, 0.15) is 10.4 Å². The Morgan fingerprint density at radius 2 is 1.92 bits per heavy atom. The highest BCUT2D eigenvalue weighted by Crippen LogP contribution is 2.39. The molecule has 0 unspecified atom stereocenters. The summed E-state index contributed by atoms with van der Waals surface area (Å²) >= 11 is 6.13. The molecule has 0 radical (unpaired) electrons. The second kappa shape index (κ2) is 7.12. The minimum Gasteiger partial charge on any atom is -0.454 e. The lowest BCUT2D eigenvalue weighted by Gasteiger charge is -2.14. The molecular weight excluding hydrogens is 384 g/mol. The number of sulfonamides is 1. The van der Waals surface area contributed by atoms with Crippen LogP contribution in [0.2, 0.25) is 5.02 Å². The molecule has 0 bridgehead atoms. The monoisotopic (exact) mass is 398 g/mol. The molecule has 0 spiro atoms. The van der Waals surface area contributed by atoms with Crippen LogP contribution in [0.5, 0.6) is 11.5 Å². The minimum atomic E-state index is -3.87. The van der Waals surface area contributed by atoms with Crippen LogP contribution in [0.3, 0.4) is 0 Å². The number of nitrogens with zero attached hydrogens (tertiary/aromatic N) is 1. The van der Waals surface area contributed by atoms with Crippen LogP contribution in [0.25, 0.3) is 0 Å². The molecule has 2 aromatic carbocycles. The molecule has 8 nitrogen and oxygen atoms in total. The molecule has 2 aromatic rings. The van der Waals surface area contributed by atoms with Gasteiger partial charge in [0.2, 0.25) is 6.79 Å². The zero-order valence-corrected chi connectivity index (χ0v) is 15.4. The Morgan fingerprint density at radius 3 is 2.62 bits per heavy atom. The number of hydroxylamine groups is 1. The Labute approximate surface area is 155 Å². The van der Waals surface area contributed by atoms with Gasteiger partial charge in [0.05, 0.1) is 22.7 Å². The van der Waals surface area contributed by atoms with E-state index >= 15 is 0 Å². The van der Waals surface area contributed by atoms with Crippen molar-refractivity contribution in [3.05, 3.63) is 47.0 Å². The minimum absolute atomic E-state index is 0.0775. The first-order valence-corrected chi connectivity index (χ1v) is 9.18. The molecule has 0 fully saturated rings. The number of amides is 1. The topological polar surface area (TPSA) is 94.2 Å². The lowest BCUT2D eigenvalue weighted by molar-refractivity contribution is -0.0258. The van der Waals surface area contributed by atoms with Crippen molar-refractivity contribution in [2.24, 2.45) is 0 Å². The van der Waals surface area contributed by atoms with Gasteiger partial charge >= 0.3 is 0 Å². The second-order valence-electron chi connectivity index (χ2n) is 5.26. The molecule has 0 saturated heterocycles. The van der Waals surface area contributed by atoms with Crippen molar-refractivity contribution in [2.75, 3.05) is 26.3 Å². The maximum absolute atomic E-state index is 12.5. The molecule has 1 N–H and O–H groups in total. The van der Waals surface area contributed by atoms with E-state index in [4.69, 9.17) is 25.9 Å². The Hall–Kier alpha value is -2.33. The molecule has 1 aliphatic heterocycles.